The maximum absolute atomic E-state index is 12.6. The van der Waals surface area contributed by atoms with E-state index in [0.717, 1.165) is 25.7 Å². The number of alkyl carbamates (subject to hydrolysis) is 1. The van der Waals surface area contributed by atoms with Crippen LogP contribution in [0.4, 0.5) is 4.79 Å². The zero-order valence-corrected chi connectivity index (χ0v) is 19.3. The van der Waals surface area contributed by atoms with E-state index in [4.69, 9.17) is 4.74 Å². The predicted molar refractivity (Wildman–Crippen MR) is 113 cm³/mol. The molecule has 0 aromatic rings. The number of aliphatic hydroxyl groups is 2. The number of aliphatic hydroxyl groups excluding tert-OH is 1. The zero-order chi connectivity index (χ0) is 22.4. The number of nitrogens with one attached hydrogen (secondary N) is 1. The van der Waals surface area contributed by atoms with Crippen molar-refractivity contribution in [3.63, 3.8) is 0 Å². The maximum Gasteiger partial charge on any atom is 0.407 e. The van der Waals surface area contributed by atoms with Crippen molar-refractivity contribution in [2.45, 2.75) is 103 Å². The summed E-state index contributed by atoms with van der Waals surface area (Å²) in [6.07, 6.45) is 4.84. The van der Waals surface area contributed by atoms with Gasteiger partial charge < -0.3 is 25.2 Å². The molecule has 0 saturated heterocycles. The SMILES string of the molecule is CN(C)C(=O)[C@@H](C[C@H](O)[C@H](CC1CCCCC1)NC(=O)OC(C)(C)C)C(C)(C)O. The van der Waals surface area contributed by atoms with Crippen LogP contribution in [-0.4, -0.2) is 64.6 Å². The molecule has 0 unspecified atom stereocenters. The fraction of sp³-hybridized carbons (Fsp3) is 0.909. The van der Waals surface area contributed by atoms with Crippen LogP contribution >= 0.6 is 0 Å². The number of nitrogens with zero attached hydrogens (tertiary/aromatic N) is 1. The Balaban J connectivity index is 2.95. The molecule has 0 bridgehead atoms. The standard InChI is InChI=1S/C22H42N2O5/c1-21(2,3)29-20(27)23-17(13-15-11-9-8-10-12-15)18(25)14-16(22(4,5)28)19(26)24(6)7/h15-18,25,28H,8-14H2,1-7H3,(H,23,27)/t16-,17+,18+/m1/s1. The van der Waals surface area contributed by atoms with Crippen LogP contribution in [0, 0.1) is 11.8 Å². The fourth-order valence-electron chi connectivity index (χ4n) is 3.96. The van der Waals surface area contributed by atoms with E-state index in [1.165, 1.54) is 11.3 Å². The lowest BCUT2D eigenvalue weighted by Gasteiger charge is -2.35. The second-order valence-electron chi connectivity index (χ2n) is 10.2. The van der Waals surface area contributed by atoms with Gasteiger partial charge in [-0.05, 0) is 53.4 Å². The molecule has 0 radical (unpaired) electrons. The molecule has 1 aliphatic rings. The van der Waals surface area contributed by atoms with Crippen LogP contribution in [-0.2, 0) is 9.53 Å². The smallest absolute Gasteiger partial charge is 0.407 e. The van der Waals surface area contributed by atoms with Crippen molar-refractivity contribution >= 4 is 12.0 Å². The molecule has 0 aromatic heterocycles. The first-order valence-electron chi connectivity index (χ1n) is 10.8. The second-order valence-corrected chi connectivity index (χ2v) is 10.2. The molecule has 2 amide bonds. The van der Waals surface area contributed by atoms with Gasteiger partial charge >= 0.3 is 6.09 Å². The van der Waals surface area contributed by atoms with Crippen molar-refractivity contribution in [2.75, 3.05) is 14.1 Å². The molecule has 170 valence electrons. The van der Waals surface area contributed by atoms with Crippen molar-refractivity contribution in [3.8, 4) is 0 Å². The van der Waals surface area contributed by atoms with Gasteiger partial charge in [0, 0.05) is 14.1 Å². The van der Waals surface area contributed by atoms with E-state index in [9.17, 15) is 19.8 Å². The first-order valence-corrected chi connectivity index (χ1v) is 10.8. The Morgan fingerprint density at radius 1 is 1.10 bits per heavy atom. The highest BCUT2D eigenvalue weighted by Crippen LogP contribution is 2.30. The Kier molecular flexibility index (Phi) is 9.41. The fourth-order valence-corrected chi connectivity index (χ4v) is 3.96. The molecule has 0 spiro atoms. The largest absolute Gasteiger partial charge is 0.444 e. The van der Waals surface area contributed by atoms with Crippen molar-refractivity contribution < 1.29 is 24.5 Å². The number of hydrogen-bond acceptors (Lipinski definition) is 5. The number of ether oxygens (including phenoxy) is 1. The molecule has 0 aliphatic heterocycles. The number of hydrogen-bond donors (Lipinski definition) is 3. The van der Waals surface area contributed by atoms with E-state index in [2.05, 4.69) is 5.32 Å². The van der Waals surface area contributed by atoms with Gasteiger partial charge in [-0.25, -0.2) is 4.79 Å². The third-order valence-electron chi connectivity index (χ3n) is 5.55. The number of carbonyl (C=O) groups excluding carboxylic acids is 2. The Bertz CT molecular complexity index is 530. The Labute approximate surface area is 176 Å². The number of rotatable bonds is 8. The number of carbonyl (C=O) groups is 2. The minimum atomic E-state index is -1.29. The van der Waals surface area contributed by atoms with Crippen molar-refractivity contribution in [2.24, 2.45) is 11.8 Å². The van der Waals surface area contributed by atoms with Crippen molar-refractivity contribution in [3.05, 3.63) is 0 Å². The van der Waals surface area contributed by atoms with Gasteiger partial charge in [-0.3, -0.25) is 4.79 Å². The van der Waals surface area contributed by atoms with Gasteiger partial charge in [0.15, 0.2) is 0 Å². The van der Waals surface area contributed by atoms with Gasteiger partial charge in [0.05, 0.1) is 23.7 Å². The normalized spacial score (nSPS) is 19.2. The van der Waals surface area contributed by atoms with E-state index >= 15 is 0 Å². The summed E-state index contributed by atoms with van der Waals surface area (Å²) in [5, 5.41) is 24.3. The molecule has 29 heavy (non-hydrogen) atoms. The molecule has 0 heterocycles. The first kappa shape index (κ1) is 25.7. The summed E-state index contributed by atoms with van der Waals surface area (Å²) in [6, 6.07) is -0.534. The van der Waals surface area contributed by atoms with Gasteiger partial charge in [0.25, 0.3) is 0 Å². The Morgan fingerprint density at radius 2 is 1.66 bits per heavy atom. The minimum Gasteiger partial charge on any atom is -0.444 e. The van der Waals surface area contributed by atoms with Crippen LogP contribution in [0.2, 0.25) is 0 Å². The van der Waals surface area contributed by atoms with Crippen LogP contribution in [0.15, 0.2) is 0 Å². The van der Waals surface area contributed by atoms with Crippen molar-refractivity contribution in [1.82, 2.24) is 10.2 Å². The molecule has 1 aliphatic carbocycles. The summed E-state index contributed by atoms with van der Waals surface area (Å²) in [7, 11) is 3.26. The van der Waals surface area contributed by atoms with Crippen LogP contribution in [0.3, 0.4) is 0 Å². The van der Waals surface area contributed by atoms with Gasteiger partial charge in [0.2, 0.25) is 5.91 Å². The van der Waals surface area contributed by atoms with Crippen LogP contribution in [0.25, 0.3) is 0 Å². The van der Waals surface area contributed by atoms with E-state index < -0.39 is 35.4 Å². The summed E-state index contributed by atoms with van der Waals surface area (Å²) in [5.74, 6) is -0.601. The Hall–Kier alpha value is -1.34. The molecule has 3 atom stereocenters. The topological polar surface area (TPSA) is 99.1 Å². The third kappa shape index (κ3) is 9.34. The summed E-state index contributed by atoms with van der Waals surface area (Å²) in [4.78, 5) is 26.4. The average Bonchev–Trinajstić information content (AvgIpc) is 2.56. The van der Waals surface area contributed by atoms with E-state index in [-0.39, 0.29) is 12.3 Å². The van der Waals surface area contributed by atoms with E-state index in [1.54, 1.807) is 48.7 Å². The molecular weight excluding hydrogens is 372 g/mol. The highest BCUT2D eigenvalue weighted by atomic mass is 16.6. The van der Waals surface area contributed by atoms with E-state index in [1.807, 2.05) is 0 Å². The summed E-state index contributed by atoms with van der Waals surface area (Å²) >= 11 is 0. The number of amides is 2. The highest BCUT2D eigenvalue weighted by molar-refractivity contribution is 5.79. The predicted octanol–water partition coefficient (Wildman–Crippen LogP) is 3.08. The molecule has 1 fully saturated rings. The average molecular weight is 415 g/mol. The maximum atomic E-state index is 12.6. The van der Waals surface area contributed by atoms with Gasteiger partial charge in [-0.1, -0.05) is 32.1 Å². The first-order chi connectivity index (χ1) is 13.2. The van der Waals surface area contributed by atoms with Crippen LogP contribution < -0.4 is 5.32 Å². The summed E-state index contributed by atoms with van der Waals surface area (Å²) in [5.41, 5.74) is -1.93. The molecule has 1 rings (SSSR count). The highest BCUT2D eigenvalue weighted by Gasteiger charge is 2.38. The van der Waals surface area contributed by atoms with Crippen LogP contribution in [0.5, 0.6) is 0 Å². The summed E-state index contributed by atoms with van der Waals surface area (Å²) < 4.78 is 5.38. The quantitative estimate of drug-likeness (QED) is 0.567. The molecule has 3 N–H and O–H groups in total. The minimum absolute atomic E-state index is 0.0632. The molecule has 7 heteroatoms. The molecule has 0 aromatic carbocycles. The molecular formula is C22H42N2O5. The van der Waals surface area contributed by atoms with Crippen molar-refractivity contribution in [1.29, 1.82) is 0 Å². The van der Waals surface area contributed by atoms with Gasteiger partial charge in [-0.2, -0.15) is 0 Å². The van der Waals surface area contributed by atoms with Gasteiger partial charge in [0.1, 0.15) is 5.60 Å². The monoisotopic (exact) mass is 414 g/mol. The lowest BCUT2D eigenvalue weighted by Crippen LogP contribution is -2.50. The second kappa shape index (κ2) is 10.6. The lowest BCUT2D eigenvalue weighted by atomic mass is 9.80. The third-order valence-corrected chi connectivity index (χ3v) is 5.55. The molecule has 1 saturated carbocycles. The molecule has 7 nitrogen and oxygen atoms in total. The van der Waals surface area contributed by atoms with Gasteiger partial charge in [-0.15, -0.1) is 0 Å². The Morgan fingerprint density at radius 3 is 2.10 bits per heavy atom. The lowest BCUT2D eigenvalue weighted by molar-refractivity contribution is -0.143. The zero-order valence-electron chi connectivity index (χ0n) is 19.3. The van der Waals surface area contributed by atoms with E-state index in [0.29, 0.717) is 12.3 Å². The van der Waals surface area contributed by atoms with Crippen LogP contribution in [0.1, 0.15) is 79.6 Å². The summed E-state index contributed by atoms with van der Waals surface area (Å²) in [6.45, 7) is 8.52.